The van der Waals surface area contributed by atoms with Gasteiger partial charge in [-0.05, 0) is 40.0 Å². The minimum atomic E-state index is -0.420. The van der Waals surface area contributed by atoms with Crippen molar-refractivity contribution in [3.05, 3.63) is 17.0 Å². The topological polar surface area (TPSA) is 55.2 Å². The third-order valence-corrected chi connectivity index (χ3v) is 3.99. The molecule has 1 aliphatic heterocycles. The Morgan fingerprint density at radius 1 is 1.26 bits per heavy atom. The van der Waals surface area contributed by atoms with E-state index in [-0.39, 0.29) is 11.9 Å². The monoisotopic (exact) mass is 263 g/mol. The summed E-state index contributed by atoms with van der Waals surface area (Å²) in [5.74, 6) is -0.803. The highest BCUT2D eigenvalue weighted by Crippen LogP contribution is 2.20. The van der Waals surface area contributed by atoms with Gasteiger partial charge in [0.25, 0.3) is 11.7 Å². The number of carbonyl (C=O) groups is 2. The molecule has 1 fully saturated rings. The molecule has 0 bridgehead atoms. The van der Waals surface area contributed by atoms with E-state index < -0.39 is 5.78 Å². The molecule has 0 radical (unpaired) electrons. The highest BCUT2D eigenvalue weighted by atomic mass is 16.2. The van der Waals surface area contributed by atoms with Crippen molar-refractivity contribution in [2.24, 2.45) is 7.05 Å². The van der Waals surface area contributed by atoms with Crippen LogP contribution < -0.4 is 0 Å². The normalized spacial score (nSPS) is 19.6. The number of amides is 1. The van der Waals surface area contributed by atoms with Gasteiger partial charge in [-0.3, -0.25) is 14.3 Å². The SMILES string of the molecule is Cc1nn(C)c(C)c1C(=O)C(=O)N1CCCCC1C. The molecule has 0 aromatic carbocycles. The number of nitrogens with zero attached hydrogens (tertiary/aromatic N) is 3. The summed E-state index contributed by atoms with van der Waals surface area (Å²) in [5.41, 5.74) is 1.84. The number of carbonyl (C=O) groups excluding carboxylic acids is 2. The number of piperidine rings is 1. The van der Waals surface area contributed by atoms with E-state index in [0.29, 0.717) is 17.8 Å². The van der Waals surface area contributed by atoms with Gasteiger partial charge < -0.3 is 4.90 Å². The number of Topliss-reactive ketones (excluding diaryl/α,β-unsaturated/α-hetero) is 1. The van der Waals surface area contributed by atoms with E-state index in [0.717, 1.165) is 25.0 Å². The summed E-state index contributed by atoms with van der Waals surface area (Å²) in [6, 6.07) is 0.155. The fourth-order valence-electron chi connectivity index (χ4n) is 2.74. The quantitative estimate of drug-likeness (QED) is 0.602. The Morgan fingerprint density at radius 3 is 2.47 bits per heavy atom. The lowest BCUT2D eigenvalue weighted by atomic mass is 10.0. The molecule has 0 N–H and O–H groups in total. The molecule has 2 rings (SSSR count). The number of hydrogen-bond donors (Lipinski definition) is 0. The number of ketones is 1. The van der Waals surface area contributed by atoms with E-state index in [1.807, 2.05) is 13.8 Å². The predicted octanol–water partition coefficient (Wildman–Crippen LogP) is 1.62. The van der Waals surface area contributed by atoms with Gasteiger partial charge in [0, 0.05) is 25.3 Å². The van der Waals surface area contributed by atoms with E-state index in [4.69, 9.17) is 0 Å². The molecule has 1 aliphatic rings. The van der Waals surface area contributed by atoms with E-state index in [1.54, 1.807) is 23.6 Å². The Bertz CT molecular complexity index is 519. The average molecular weight is 263 g/mol. The van der Waals surface area contributed by atoms with Gasteiger partial charge in [-0.25, -0.2) is 0 Å². The molecule has 19 heavy (non-hydrogen) atoms. The first-order chi connectivity index (χ1) is 8.93. The highest BCUT2D eigenvalue weighted by Gasteiger charge is 2.31. The van der Waals surface area contributed by atoms with E-state index >= 15 is 0 Å². The maximum atomic E-state index is 12.4. The minimum Gasteiger partial charge on any atom is -0.333 e. The lowest BCUT2D eigenvalue weighted by Crippen LogP contribution is -2.45. The zero-order chi connectivity index (χ0) is 14.2. The van der Waals surface area contributed by atoms with Crippen molar-refractivity contribution in [1.82, 2.24) is 14.7 Å². The molecule has 5 heteroatoms. The molecule has 1 atom stereocenters. The fourth-order valence-corrected chi connectivity index (χ4v) is 2.74. The Balaban J connectivity index is 2.26. The summed E-state index contributed by atoms with van der Waals surface area (Å²) in [4.78, 5) is 26.5. The lowest BCUT2D eigenvalue weighted by Gasteiger charge is -2.32. The number of likely N-dealkylation sites (tertiary alicyclic amines) is 1. The first-order valence-electron chi connectivity index (χ1n) is 6.79. The average Bonchev–Trinajstić information content (AvgIpc) is 2.62. The Labute approximate surface area is 113 Å². The first-order valence-corrected chi connectivity index (χ1v) is 6.79. The zero-order valence-corrected chi connectivity index (χ0v) is 12.1. The third kappa shape index (κ3) is 2.41. The van der Waals surface area contributed by atoms with Crippen LogP contribution in [0, 0.1) is 13.8 Å². The van der Waals surface area contributed by atoms with Gasteiger partial charge in [0.2, 0.25) is 0 Å². The van der Waals surface area contributed by atoms with E-state index in [2.05, 4.69) is 5.10 Å². The summed E-state index contributed by atoms with van der Waals surface area (Å²) in [6.07, 6.45) is 3.09. The lowest BCUT2D eigenvalue weighted by molar-refractivity contribution is -0.129. The van der Waals surface area contributed by atoms with E-state index in [9.17, 15) is 9.59 Å². The van der Waals surface area contributed by atoms with Crippen LogP contribution in [0.3, 0.4) is 0 Å². The highest BCUT2D eigenvalue weighted by molar-refractivity contribution is 6.43. The molecule has 0 saturated carbocycles. The van der Waals surface area contributed by atoms with Crippen molar-refractivity contribution in [1.29, 1.82) is 0 Å². The van der Waals surface area contributed by atoms with Crippen LogP contribution in [0.25, 0.3) is 0 Å². The van der Waals surface area contributed by atoms with Crippen molar-refractivity contribution in [3.8, 4) is 0 Å². The Kier molecular flexibility index (Phi) is 3.73. The van der Waals surface area contributed by atoms with Crippen LogP contribution in [-0.4, -0.2) is 39.0 Å². The largest absolute Gasteiger partial charge is 0.333 e. The Hall–Kier alpha value is -1.65. The molecule has 104 valence electrons. The third-order valence-electron chi connectivity index (χ3n) is 3.99. The molecule has 0 spiro atoms. The number of hydrogen-bond acceptors (Lipinski definition) is 3. The molecule has 1 amide bonds. The zero-order valence-electron chi connectivity index (χ0n) is 12.1. The number of aryl methyl sites for hydroxylation is 2. The summed E-state index contributed by atoms with van der Waals surface area (Å²) >= 11 is 0. The summed E-state index contributed by atoms with van der Waals surface area (Å²) in [5, 5.41) is 4.20. The fraction of sp³-hybridized carbons (Fsp3) is 0.643. The van der Waals surface area contributed by atoms with E-state index in [1.165, 1.54) is 0 Å². The Morgan fingerprint density at radius 2 is 1.95 bits per heavy atom. The summed E-state index contributed by atoms with van der Waals surface area (Å²) in [6.45, 7) is 6.28. The molecule has 0 aliphatic carbocycles. The van der Waals surface area contributed by atoms with Crippen LogP contribution in [0.2, 0.25) is 0 Å². The van der Waals surface area contributed by atoms with Crippen LogP contribution >= 0.6 is 0 Å². The molecule has 1 aromatic rings. The van der Waals surface area contributed by atoms with Gasteiger partial charge in [0.15, 0.2) is 0 Å². The van der Waals surface area contributed by atoms with Gasteiger partial charge in [-0.2, -0.15) is 5.10 Å². The summed E-state index contributed by atoms with van der Waals surface area (Å²) < 4.78 is 1.65. The van der Waals surface area contributed by atoms with Crippen LogP contribution in [0.4, 0.5) is 0 Å². The molecular formula is C14H21N3O2. The van der Waals surface area contributed by atoms with Crippen molar-refractivity contribution in [2.45, 2.75) is 46.1 Å². The molecule has 1 aromatic heterocycles. The number of aromatic nitrogens is 2. The van der Waals surface area contributed by atoms with Crippen molar-refractivity contribution in [3.63, 3.8) is 0 Å². The molecular weight excluding hydrogens is 242 g/mol. The van der Waals surface area contributed by atoms with Crippen LogP contribution in [-0.2, 0) is 11.8 Å². The van der Waals surface area contributed by atoms with Gasteiger partial charge in [-0.1, -0.05) is 0 Å². The van der Waals surface area contributed by atoms with Crippen LogP contribution in [0.15, 0.2) is 0 Å². The van der Waals surface area contributed by atoms with Crippen LogP contribution in [0.5, 0.6) is 0 Å². The van der Waals surface area contributed by atoms with Gasteiger partial charge in [0.05, 0.1) is 11.3 Å². The maximum Gasteiger partial charge on any atom is 0.295 e. The second kappa shape index (κ2) is 5.15. The molecule has 2 heterocycles. The van der Waals surface area contributed by atoms with Gasteiger partial charge >= 0.3 is 0 Å². The van der Waals surface area contributed by atoms with Gasteiger partial charge in [-0.15, -0.1) is 0 Å². The number of rotatable bonds is 2. The molecule has 1 unspecified atom stereocenters. The molecule has 1 saturated heterocycles. The predicted molar refractivity (Wildman–Crippen MR) is 72.0 cm³/mol. The first kappa shape index (κ1) is 13.8. The molecule has 5 nitrogen and oxygen atoms in total. The standard InChI is InChI=1S/C14H21N3O2/c1-9-7-5-6-8-17(9)14(19)13(18)12-10(2)15-16(4)11(12)3/h9H,5-8H2,1-4H3. The van der Waals surface area contributed by atoms with Crippen molar-refractivity contribution >= 4 is 11.7 Å². The smallest absolute Gasteiger partial charge is 0.295 e. The second-order valence-electron chi connectivity index (χ2n) is 5.34. The summed E-state index contributed by atoms with van der Waals surface area (Å²) in [7, 11) is 1.78. The van der Waals surface area contributed by atoms with Gasteiger partial charge in [0.1, 0.15) is 0 Å². The van der Waals surface area contributed by atoms with Crippen molar-refractivity contribution in [2.75, 3.05) is 6.54 Å². The minimum absolute atomic E-state index is 0.155. The maximum absolute atomic E-state index is 12.4. The van der Waals surface area contributed by atoms with Crippen molar-refractivity contribution < 1.29 is 9.59 Å². The second-order valence-corrected chi connectivity index (χ2v) is 5.34. The van der Waals surface area contributed by atoms with Crippen LogP contribution in [0.1, 0.15) is 47.9 Å².